The van der Waals surface area contributed by atoms with Gasteiger partial charge in [0.25, 0.3) is 0 Å². The standard InChI is InChI=1S/C16H20FNO3.C14H18FNO2/c1-3-21-16(20)14-5-4-10-18(15(14)19)11(2)12-6-8-13(17)9-7-12;1-10(11-4-6-13(15)7-5-11)16-8-2-3-12(9-17)14(16)18/h6-9,11,14H,3-5,10H2,1-2H3;4-7,10,12,17H,2-3,8-9H2,1H3/i;9D2. The summed E-state index contributed by atoms with van der Waals surface area (Å²) in [5.41, 5.74) is 1.65. The summed E-state index contributed by atoms with van der Waals surface area (Å²) < 4.78 is 45.6. The van der Waals surface area contributed by atoms with Gasteiger partial charge in [-0.25, -0.2) is 8.78 Å². The molecule has 212 valence electrons. The smallest absolute Gasteiger partial charge is 0.318 e. The van der Waals surface area contributed by atoms with E-state index in [2.05, 4.69) is 0 Å². The summed E-state index contributed by atoms with van der Waals surface area (Å²) in [5, 5.41) is 9.46. The van der Waals surface area contributed by atoms with Crippen molar-refractivity contribution in [2.24, 2.45) is 11.8 Å². The number of halogens is 2. The van der Waals surface area contributed by atoms with Crippen molar-refractivity contribution >= 4 is 17.8 Å². The van der Waals surface area contributed by atoms with E-state index in [0.717, 1.165) is 17.5 Å². The van der Waals surface area contributed by atoms with Crippen molar-refractivity contribution < 1.29 is 35.7 Å². The summed E-state index contributed by atoms with van der Waals surface area (Å²) in [7, 11) is 0. The molecule has 0 aromatic heterocycles. The lowest BCUT2D eigenvalue weighted by Crippen LogP contribution is -2.45. The second-order valence-electron chi connectivity index (χ2n) is 9.79. The summed E-state index contributed by atoms with van der Waals surface area (Å²) in [5.74, 6) is -3.41. The van der Waals surface area contributed by atoms with Crippen LogP contribution in [0.25, 0.3) is 0 Å². The van der Waals surface area contributed by atoms with E-state index in [4.69, 9.17) is 7.48 Å². The second kappa shape index (κ2) is 14.2. The molecule has 2 aromatic rings. The van der Waals surface area contributed by atoms with Gasteiger partial charge in [0, 0.05) is 13.1 Å². The lowest BCUT2D eigenvalue weighted by molar-refractivity contribution is -0.159. The predicted octanol–water partition coefficient (Wildman–Crippen LogP) is 4.81. The molecule has 0 saturated carbocycles. The molecule has 0 bridgehead atoms. The number of hydrogen-bond donors (Lipinski definition) is 1. The average Bonchev–Trinajstić information content (AvgIpc) is 2.93. The molecule has 2 saturated heterocycles. The Balaban J connectivity index is 0.000000226. The Morgan fingerprint density at radius 2 is 1.38 bits per heavy atom. The number of hydrogen-bond acceptors (Lipinski definition) is 5. The Kier molecular flexibility index (Phi) is 9.90. The van der Waals surface area contributed by atoms with Gasteiger partial charge in [0.05, 0.1) is 33.9 Å². The molecule has 2 heterocycles. The van der Waals surface area contributed by atoms with Gasteiger partial charge in [-0.3, -0.25) is 14.4 Å². The molecule has 0 radical (unpaired) electrons. The minimum Gasteiger partial charge on any atom is -0.465 e. The average molecular weight is 547 g/mol. The predicted molar refractivity (Wildman–Crippen MR) is 142 cm³/mol. The van der Waals surface area contributed by atoms with E-state index >= 15 is 0 Å². The van der Waals surface area contributed by atoms with Crippen LogP contribution in [-0.2, 0) is 19.1 Å². The maximum absolute atomic E-state index is 13.0. The fraction of sp³-hybridized carbons (Fsp3) is 0.500. The first-order valence-corrected chi connectivity index (χ1v) is 13.4. The third-order valence-electron chi connectivity index (χ3n) is 7.31. The topological polar surface area (TPSA) is 87.2 Å². The number of carbonyl (C=O) groups excluding carboxylic acids is 3. The minimum atomic E-state index is -2.50. The highest BCUT2D eigenvalue weighted by Crippen LogP contribution is 2.29. The quantitative estimate of drug-likeness (QED) is 0.398. The van der Waals surface area contributed by atoms with Crippen LogP contribution >= 0.6 is 0 Å². The van der Waals surface area contributed by atoms with Crippen molar-refractivity contribution in [2.75, 3.05) is 26.3 Å². The molecular formula is C30H38F2N2O5. The first kappa shape index (κ1) is 27.2. The number of likely N-dealkylation sites (tertiary alicyclic amines) is 2. The number of carbonyl (C=O) groups is 3. The number of piperidine rings is 2. The van der Waals surface area contributed by atoms with Gasteiger partial charge in [0.1, 0.15) is 17.6 Å². The lowest BCUT2D eigenvalue weighted by atomic mass is 9.94. The van der Waals surface area contributed by atoms with Gasteiger partial charge in [-0.05, 0) is 81.8 Å². The summed E-state index contributed by atoms with van der Waals surface area (Å²) in [6, 6.07) is 11.5. The van der Waals surface area contributed by atoms with E-state index in [1.165, 1.54) is 24.3 Å². The molecule has 39 heavy (non-hydrogen) atoms. The van der Waals surface area contributed by atoms with Gasteiger partial charge in [0.2, 0.25) is 11.8 Å². The first-order valence-electron chi connectivity index (χ1n) is 14.4. The lowest BCUT2D eigenvalue weighted by Gasteiger charge is -2.36. The maximum Gasteiger partial charge on any atom is 0.318 e. The number of aliphatic hydroxyl groups is 1. The van der Waals surface area contributed by atoms with Crippen LogP contribution in [-0.4, -0.2) is 58.9 Å². The zero-order valence-corrected chi connectivity index (χ0v) is 22.6. The molecule has 2 amide bonds. The highest BCUT2D eigenvalue weighted by atomic mass is 19.1. The van der Waals surface area contributed by atoms with Crippen LogP contribution in [0.4, 0.5) is 8.78 Å². The van der Waals surface area contributed by atoms with E-state index < -0.39 is 24.4 Å². The number of benzene rings is 2. The van der Waals surface area contributed by atoms with E-state index in [1.807, 2.05) is 13.8 Å². The Hall–Kier alpha value is -3.33. The van der Waals surface area contributed by atoms with Gasteiger partial charge < -0.3 is 19.6 Å². The Morgan fingerprint density at radius 1 is 0.923 bits per heavy atom. The molecule has 2 fully saturated rings. The van der Waals surface area contributed by atoms with Crippen LogP contribution in [0.5, 0.6) is 0 Å². The minimum absolute atomic E-state index is 0.185. The third kappa shape index (κ3) is 7.62. The molecule has 7 nitrogen and oxygen atoms in total. The van der Waals surface area contributed by atoms with Crippen molar-refractivity contribution in [3.05, 3.63) is 71.3 Å². The Morgan fingerprint density at radius 3 is 1.85 bits per heavy atom. The van der Waals surface area contributed by atoms with Crippen LogP contribution in [0.1, 0.15) is 72.4 Å². The zero-order chi connectivity index (χ0) is 30.3. The maximum atomic E-state index is 13.0. The SMILES string of the molecule is CCOC(=O)C1CCCN(C(C)c2ccc(F)cc2)C1=O.[2H]C([2H])(O)C1CCCN(C(C)c2ccc(F)cc2)C1=O. The summed E-state index contributed by atoms with van der Waals surface area (Å²) in [4.78, 5) is 39.8. The molecule has 0 aliphatic carbocycles. The van der Waals surface area contributed by atoms with Crippen molar-refractivity contribution in [3.63, 3.8) is 0 Å². The molecule has 1 N–H and O–H groups in total. The number of esters is 1. The van der Waals surface area contributed by atoms with E-state index in [-0.39, 0.29) is 42.1 Å². The number of amides is 2. The largest absolute Gasteiger partial charge is 0.465 e. The van der Waals surface area contributed by atoms with Gasteiger partial charge in [-0.15, -0.1) is 0 Å². The van der Waals surface area contributed by atoms with Crippen LogP contribution in [0, 0.1) is 23.5 Å². The van der Waals surface area contributed by atoms with Gasteiger partial charge >= 0.3 is 5.97 Å². The number of ether oxygens (including phenoxy) is 1. The zero-order valence-electron chi connectivity index (χ0n) is 24.6. The van der Waals surface area contributed by atoms with Crippen LogP contribution < -0.4 is 0 Å². The monoisotopic (exact) mass is 546 g/mol. The second-order valence-corrected chi connectivity index (χ2v) is 9.79. The molecule has 4 unspecified atom stereocenters. The molecule has 2 aromatic carbocycles. The normalized spacial score (nSPS) is 22.2. The van der Waals surface area contributed by atoms with Crippen molar-refractivity contribution in [1.82, 2.24) is 9.80 Å². The van der Waals surface area contributed by atoms with Crippen molar-refractivity contribution in [1.29, 1.82) is 0 Å². The molecule has 2 aliphatic heterocycles. The van der Waals surface area contributed by atoms with Crippen LogP contribution in [0.15, 0.2) is 48.5 Å². The Labute approximate surface area is 231 Å². The number of rotatable bonds is 7. The molecule has 4 rings (SSSR count). The molecular weight excluding hydrogens is 506 g/mol. The van der Waals surface area contributed by atoms with E-state index in [9.17, 15) is 28.3 Å². The van der Waals surface area contributed by atoms with E-state index in [1.54, 1.807) is 41.0 Å². The fourth-order valence-corrected chi connectivity index (χ4v) is 4.99. The van der Waals surface area contributed by atoms with Gasteiger partial charge in [-0.1, -0.05) is 24.3 Å². The van der Waals surface area contributed by atoms with Gasteiger partial charge in [-0.2, -0.15) is 0 Å². The van der Waals surface area contributed by atoms with Crippen LogP contribution in [0.2, 0.25) is 0 Å². The van der Waals surface area contributed by atoms with Crippen LogP contribution in [0.3, 0.4) is 0 Å². The summed E-state index contributed by atoms with van der Waals surface area (Å²) in [6.07, 6.45) is 2.28. The van der Waals surface area contributed by atoms with Crippen molar-refractivity contribution in [2.45, 2.75) is 58.5 Å². The molecule has 9 heteroatoms. The Bertz CT molecular complexity index is 1190. The third-order valence-corrected chi connectivity index (χ3v) is 7.31. The van der Waals surface area contributed by atoms with Crippen molar-refractivity contribution in [3.8, 4) is 0 Å². The number of nitrogens with zero attached hydrogens (tertiary/aromatic N) is 2. The molecule has 4 atom stereocenters. The highest BCUT2D eigenvalue weighted by molar-refractivity contribution is 5.98. The van der Waals surface area contributed by atoms with E-state index in [0.29, 0.717) is 32.4 Å². The van der Waals surface area contributed by atoms with Gasteiger partial charge in [0.15, 0.2) is 0 Å². The first-order chi connectivity index (χ1) is 19.3. The fourth-order valence-electron chi connectivity index (χ4n) is 4.99. The highest BCUT2D eigenvalue weighted by Gasteiger charge is 2.37. The molecule has 0 spiro atoms. The summed E-state index contributed by atoms with van der Waals surface area (Å²) in [6.45, 7) is 4.33. The molecule has 2 aliphatic rings. The summed E-state index contributed by atoms with van der Waals surface area (Å²) >= 11 is 0.